The number of oxime groups is 1. The maximum Gasteiger partial charge on any atom is 0.416 e. The molecule has 0 saturated heterocycles. The van der Waals surface area contributed by atoms with Crippen LogP contribution in [0.25, 0.3) is 0 Å². The van der Waals surface area contributed by atoms with Gasteiger partial charge in [-0.1, -0.05) is 12.1 Å². The van der Waals surface area contributed by atoms with Crippen molar-refractivity contribution in [3.63, 3.8) is 0 Å². The molecule has 0 heterocycles. The Balaban J connectivity index is 3.04. The highest BCUT2D eigenvalue weighted by Gasteiger charge is 2.31. The minimum Gasteiger partial charge on any atom is -0.409 e. The van der Waals surface area contributed by atoms with Crippen LogP contribution in [0.3, 0.4) is 0 Å². The second-order valence-corrected chi connectivity index (χ2v) is 5.02. The summed E-state index contributed by atoms with van der Waals surface area (Å²) < 4.78 is 38.2. The van der Waals surface area contributed by atoms with Crippen LogP contribution < -0.4 is 11.1 Å². The first kappa shape index (κ1) is 17.3. The fraction of sp³-hybridized carbons (Fsp3) is 0.333. The second kappa shape index (κ2) is 6.79. The molecule has 0 saturated carbocycles. The number of benzene rings is 1. The minimum atomic E-state index is -4.52. The molecule has 0 spiro atoms. The zero-order chi connectivity index (χ0) is 16.2. The first-order chi connectivity index (χ1) is 9.70. The average molecular weight is 368 g/mol. The van der Waals surface area contributed by atoms with Gasteiger partial charge < -0.3 is 16.3 Å². The van der Waals surface area contributed by atoms with Gasteiger partial charge in [0.25, 0.3) is 0 Å². The molecule has 0 aromatic heterocycles. The molecule has 0 radical (unpaired) electrons. The Bertz CT molecular complexity index is 561. The van der Waals surface area contributed by atoms with Crippen molar-refractivity contribution in [1.29, 1.82) is 0 Å². The van der Waals surface area contributed by atoms with E-state index in [0.29, 0.717) is 4.47 Å². The highest BCUT2D eigenvalue weighted by Crippen LogP contribution is 2.34. The number of amidine groups is 1. The first-order valence-corrected chi connectivity index (χ1v) is 6.65. The normalized spacial score (nSPS) is 13.9. The third kappa shape index (κ3) is 4.35. The number of nitrogens with zero attached hydrogens (tertiary/aromatic N) is 1. The van der Waals surface area contributed by atoms with E-state index in [1.165, 1.54) is 6.07 Å². The SMILES string of the molecule is CCC(C(=O)Nc1cc(C(F)(F)F)ccc1Br)/C(N)=N/O. The largest absolute Gasteiger partial charge is 0.416 e. The summed E-state index contributed by atoms with van der Waals surface area (Å²) in [6, 6.07) is 2.88. The number of hydrogen-bond donors (Lipinski definition) is 3. The molecular weight excluding hydrogens is 355 g/mol. The van der Waals surface area contributed by atoms with Crippen molar-refractivity contribution in [3.05, 3.63) is 28.2 Å². The van der Waals surface area contributed by atoms with Gasteiger partial charge in [0.15, 0.2) is 5.84 Å². The highest BCUT2D eigenvalue weighted by molar-refractivity contribution is 9.10. The van der Waals surface area contributed by atoms with Crippen LogP contribution >= 0.6 is 15.9 Å². The number of hydrogen-bond acceptors (Lipinski definition) is 3. The quantitative estimate of drug-likeness (QED) is 0.330. The summed E-state index contributed by atoms with van der Waals surface area (Å²) in [7, 11) is 0. The third-order valence-electron chi connectivity index (χ3n) is 2.75. The van der Waals surface area contributed by atoms with E-state index in [4.69, 9.17) is 10.9 Å². The molecule has 21 heavy (non-hydrogen) atoms. The zero-order valence-corrected chi connectivity index (χ0v) is 12.5. The Hall–Kier alpha value is -1.77. The fourth-order valence-electron chi connectivity index (χ4n) is 1.62. The van der Waals surface area contributed by atoms with Gasteiger partial charge in [0.2, 0.25) is 5.91 Å². The van der Waals surface area contributed by atoms with E-state index in [2.05, 4.69) is 26.4 Å². The van der Waals surface area contributed by atoms with E-state index in [1.54, 1.807) is 6.92 Å². The molecule has 1 aromatic rings. The first-order valence-electron chi connectivity index (χ1n) is 5.85. The van der Waals surface area contributed by atoms with Crippen LogP contribution in [0.15, 0.2) is 27.8 Å². The van der Waals surface area contributed by atoms with Crippen molar-refractivity contribution in [3.8, 4) is 0 Å². The highest BCUT2D eigenvalue weighted by atomic mass is 79.9. The summed E-state index contributed by atoms with van der Waals surface area (Å²) in [5, 5.41) is 13.7. The van der Waals surface area contributed by atoms with Gasteiger partial charge in [0.05, 0.1) is 17.2 Å². The van der Waals surface area contributed by atoms with Crippen molar-refractivity contribution in [2.75, 3.05) is 5.32 Å². The molecule has 0 aliphatic heterocycles. The van der Waals surface area contributed by atoms with Gasteiger partial charge >= 0.3 is 6.18 Å². The topological polar surface area (TPSA) is 87.7 Å². The van der Waals surface area contributed by atoms with E-state index in [-0.39, 0.29) is 17.9 Å². The van der Waals surface area contributed by atoms with Crippen molar-refractivity contribution in [1.82, 2.24) is 0 Å². The number of anilines is 1. The number of amides is 1. The van der Waals surface area contributed by atoms with E-state index in [0.717, 1.165) is 12.1 Å². The fourth-order valence-corrected chi connectivity index (χ4v) is 1.96. The zero-order valence-electron chi connectivity index (χ0n) is 10.9. The van der Waals surface area contributed by atoms with Crippen LogP contribution in [0.4, 0.5) is 18.9 Å². The third-order valence-corrected chi connectivity index (χ3v) is 3.44. The summed E-state index contributed by atoms with van der Waals surface area (Å²) in [4.78, 5) is 12.0. The lowest BCUT2D eigenvalue weighted by atomic mass is 10.0. The average Bonchev–Trinajstić information content (AvgIpc) is 2.40. The number of alkyl halides is 3. The molecule has 1 unspecified atom stereocenters. The van der Waals surface area contributed by atoms with Gasteiger partial charge in [-0.05, 0) is 40.5 Å². The summed E-state index contributed by atoms with van der Waals surface area (Å²) in [6.07, 6.45) is -4.28. The van der Waals surface area contributed by atoms with Gasteiger partial charge in [-0.15, -0.1) is 0 Å². The van der Waals surface area contributed by atoms with Crippen molar-refractivity contribution in [2.24, 2.45) is 16.8 Å². The summed E-state index contributed by atoms with van der Waals surface area (Å²) in [5.74, 6) is -1.90. The van der Waals surface area contributed by atoms with E-state index in [1.807, 2.05) is 0 Å². The number of carbonyl (C=O) groups is 1. The Morgan fingerprint density at radius 2 is 2.14 bits per heavy atom. The van der Waals surface area contributed by atoms with Gasteiger partial charge in [-0.3, -0.25) is 4.79 Å². The maximum absolute atomic E-state index is 12.6. The predicted octanol–water partition coefficient (Wildman–Crippen LogP) is 3.18. The van der Waals surface area contributed by atoms with Crippen molar-refractivity contribution in [2.45, 2.75) is 19.5 Å². The van der Waals surface area contributed by atoms with Gasteiger partial charge in [0, 0.05) is 4.47 Å². The molecule has 0 bridgehead atoms. The minimum absolute atomic E-state index is 0.0426. The smallest absolute Gasteiger partial charge is 0.409 e. The molecule has 0 aliphatic carbocycles. The van der Waals surface area contributed by atoms with Gasteiger partial charge in [-0.2, -0.15) is 13.2 Å². The molecule has 9 heteroatoms. The molecule has 1 amide bonds. The number of carbonyl (C=O) groups excluding carboxylic acids is 1. The molecule has 116 valence electrons. The lowest BCUT2D eigenvalue weighted by molar-refractivity contribution is -0.137. The second-order valence-electron chi connectivity index (χ2n) is 4.17. The van der Waals surface area contributed by atoms with Crippen LogP contribution in [0.2, 0.25) is 0 Å². The lowest BCUT2D eigenvalue weighted by Crippen LogP contribution is -2.34. The monoisotopic (exact) mass is 367 g/mol. The number of halogens is 4. The molecule has 1 rings (SSSR count). The number of nitrogens with one attached hydrogen (secondary N) is 1. The van der Waals surface area contributed by atoms with Crippen LogP contribution in [-0.2, 0) is 11.0 Å². The van der Waals surface area contributed by atoms with Crippen LogP contribution in [0.5, 0.6) is 0 Å². The Morgan fingerprint density at radius 3 is 2.62 bits per heavy atom. The summed E-state index contributed by atoms with van der Waals surface area (Å²) in [6.45, 7) is 1.63. The Morgan fingerprint density at radius 1 is 1.52 bits per heavy atom. The molecule has 0 aliphatic rings. The lowest BCUT2D eigenvalue weighted by Gasteiger charge is -2.15. The maximum atomic E-state index is 12.6. The van der Waals surface area contributed by atoms with Crippen LogP contribution in [0, 0.1) is 5.92 Å². The molecular formula is C12H13BrF3N3O2. The van der Waals surface area contributed by atoms with Gasteiger partial charge in [-0.25, -0.2) is 0 Å². The molecule has 0 fully saturated rings. The standard InChI is InChI=1S/C12H13BrF3N3O2/c1-2-7(10(17)19-21)11(20)18-9-5-6(12(14,15)16)3-4-8(9)13/h3-5,7,21H,2H2,1H3,(H2,17,19)(H,18,20). The molecule has 1 aromatic carbocycles. The van der Waals surface area contributed by atoms with Gasteiger partial charge in [0.1, 0.15) is 0 Å². The Labute approximate surface area is 127 Å². The Kier molecular flexibility index (Phi) is 5.59. The van der Waals surface area contributed by atoms with E-state index in [9.17, 15) is 18.0 Å². The van der Waals surface area contributed by atoms with Crippen LogP contribution in [0.1, 0.15) is 18.9 Å². The van der Waals surface area contributed by atoms with E-state index >= 15 is 0 Å². The molecule has 4 N–H and O–H groups in total. The number of nitrogens with two attached hydrogens (primary N) is 1. The predicted molar refractivity (Wildman–Crippen MR) is 75.0 cm³/mol. The molecule has 1 atom stereocenters. The van der Waals surface area contributed by atoms with Crippen molar-refractivity contribution < 1.29 is 23.2 Å². The van der Waals surface area contributed by atoms with Crippen LogP contribution in [-0.4, -0.2) is 17.0 Å². The van der Waals surface area contributed by atoms with Crippen molar-refractivity contribution >= 4 is 33.4 Å². The summed E-state index contributed by atoms with van der Waals surface area (Å²) in [5.41, 5.74) is 4.43. The number of rotatable bonds is 4. The summed E-state index contributed by atoms with van der Waals surface area (Å²) >= 11 is 3.06. The molecule has 5 nitrogen and oxygen atoms in total. The van der Waals surface area contributed by atoms with E-state index < -0.39 is 23.6 Å².